The van der Waals surface area contributed by atoms with Crippen LogP contribution in [0, 0.1) is 5.82 Å². The van der Waals surface area contributed by atoms with Crippen LogP contribution >= 0.6 is 0 Å². The number of morpholine rings is 1. The Morgan fingerprint density at radius 1 is 1.10 bits per heavy atom. The fourth-order valence-corrected chi connectivity index (χ4v) is 5.83. The van der Waals surface area contributed by atoms with Crippen LogP contribution in [0.1, 0.15) is 43.0 Å². The summed E-state index contributed by atoms with van der Waals surface area (Å²) in [5.41, 5.74) is -0.144. The van der Waals surface area contributed by atoms with Gasteiger partial charge in [0.25, 0.3) is 5.91 Å². The van der Waals surface area contributed by atoms with Crippen molar-refractivity contribution in [3.05, 3.63) is 29.6 Å². The lowest BCUT2D eigenvalue weighted by Gasteiger charge is -2.38. The number of nitrogens with zero attached hydrogens (tertiary/aromatic N) is 3. The molecule has 0 spiro atoms. The number of hydrogen-bond acceptors (Lipinski definition) is 5. The monoisotopic (exact) mass is 439 g/mol. The van der Waals surface area contributed by atoms with Crippen LogP contribution in [0.2, 0.25) is 0 Å². The van der Waals surface area contributed by atoms with Gasteiger partial charge in [-0.3, -0.25) is 4.79 Å². The maximum atomic E-state index is 14.7. The lowest BCUT2D eigenvalue weighted by atomic mass is 10.0. The summed E-state index contributed by atoms with van der Waals surface area (Å²) in [6, 6.07) is 3.78. The number of sulfonamides is 1. The quantitative estimate of drug-likeness (QED) is 0.678. The van der Waals surface area contributed by atoms with Gasteiger partial charge in [0, 0.05) is 38.3 Å². The van der Waals surface area contributed by atoms with E-state index in [0.717, 1.165) is 51.4 Å². The molecule has 0 N–H and O–H groups in total. The first-order valence-corrected chi connectivity index (χ1v) is 12.3. The van der Waals surface area contributed by atoms with Gasteiger partial charge >= 0.3 is 0 Å². The Morgan fingerprint density at radius 3 is 2.33 bits per heavy atom. The topological polar surface area (TPSA) is 70.2 Å². The van der Waals surface area contributed by atoms with Crippen LogP contribution in [0.3, 0.4) is 0 Å². The number of carbonyl (C=O) groups excluding carboxylic acids is 1. The Labute approximate surface area is 177 Å². The van der Waals surface area contributed by atoms with Crippen LogP contribution in [-0.2, 0) is 14.8 Å². The second kappa shape index (κ2) is 8.90. The van der Waals surface area contributed by atoms with Crippen molar-refractivity contribution in [1.82, 2.24) is 14.1 Å². The number of carbonyl (C=O) groups is 1. The van der Waals surface area contributed by atoms with Crippen molar-refractivity contribution in [3.63, 3.8) is 0 Å². The highest BCUT2D eigenvalue weighted by Gasteiger charge is 2.40. The second-order valence-electron chi connectivity index (χ2n) is 8.27. The van der Waals surface area contributed by atoms with Gasteiger partial charge in [0.1, 0.15) is 5.82 Å². The third kappa shape index (κ3) is 4.39. The summed E-state index contributed by atoms with van der Waals surface area (Å²) in [4.78, 5) is 17.5. The maximum absolute atomic E-state index is 14.7. The number of hydrogen-bond donors (Lipinski definition) is 0. The van der Waals surface area contributed by atoms with Gasteiger partial charge in [-0.2, -0.15) is 4.31 Å². The van der Waals surface area contributed by atoms with Crippen molar-refractivity contribution in [1.29, 1.82) is 0 Å². The lowest BCUT2D eigenvalue weighted by molar-refractivity contribution is 0.0549. The van der Waals surface area contributed by atoms with Gasteiger partial charge in [0.2, 0.25) is 10.0 Å². The van der Waals surface area contributed by atoms with Crippen molar-refractivity contribution in [2.45, 2.75) is 49.6 Å². The average Bonchev–Trinajstić information content (AvgIpc) is 3.60. The van der Waals surface area contributed by atoms with Gasteiger partial charge in [0.05, 0.1) is 23.7 Å². The number of halogens is 1. The van der Waals surface area contributed by atoms with Crippen molar-refractivity contribution in [3.8, 4) is 0 Å². The molecule has 2 saturated heterocycles. The number of likely N-dealkylation sites (tertiary alicyclic amines) is 1. The second-order valence-corrected chi connectivity index (χ2v) is 10.2. The van der Waals surface area contributed by atoms with Crippen LogP contribution in [0.25, 0.3) is 0 Å². The van der Waals surface area contributed by atoms with E-state index < -0.39 is 15.8 Å². The lowest BCUT2D eigenvalue weighted by Crippen LogP contribution is -2.48. The highest BCUT2D eigenvalue weighted by molar-refractivity contribution is 7.89. The van der Waals surface area contributed by atoms with Crippen molar-refractivity contribution < 1.29 is 22.3 Å². The molecule has 3 fully saturated rings. The van der Waals surface area contributed by atoms with E-state index in [4.69, 9.17) is 4.74 Å². The third-order valence-corrected chi connectivity index (χ3v) is 8.24. The molecule has 0 unspecified atom stereocenters. The van der Waals surface area contributed by atoms with Gasteiger partial charge in [0.15, 0.2) is 0 Å². The maximum Gasteiger partial charge on any atom is 0.257 e. The predicted molar refractivity (Wildman–Crippen MR) is 110 cm³/mol. The minimum Gasteiger partial charge on any atom is -0.379 e. The normalized spacial score (nSPS) is 22.2. The molecule has 0 aromatic heterocycles. The zero-order valence-corrected chi connectivity index (χ0v) is 18.2. The smallest absolute Gasteiger partial charge is 0.257 e. The van der Waals surface area contributed by atoms with E-state index in [1.165, 1.54) is 16.4 Å². The molecule has 3 aliphatic rings. The molecule has 30 heavy (non-hydrogen) atoms. The number of amides is 1. The first-order chi connectivity index (χ1) is 14.4. The largest absolute Gasteiger partial charge is 0.379 e. The summed E-state index contributed by atoms with van der Waals surface area (Å²) >= 11 is 0. The average molecular weight is 440 g/mol. The van der Waals surface area contributed by atoms with Crippen molar-refractivity contribution in [2.75, 3.05) is 45.9 Å². The molecule has 1 amide bonds. The van der Waals surface area contributed by atoms with Gasteiger partial charge < -0.3 is 14.5 Å². The van der Waals surface area contributed by atoms with E-state index >= 15 is 0 Å². The van der Waals surface area contributed by atoms with Crippen LogP contribution in [0.5, 0.6) is 0 Å². The predicted octanol–water partition coefficient (Wildman–Crippen LogP) is 1.94. The van der Waals surface area contributed by atoms with E-state index in [9.17, 15) is 17.6 Å². The van der Waals surface area contributed by atoms with Crippen molar-refractivity contribution >= 4 is 15.9 Å². The number of rotatable bonds is 6. The first kappa shape index (κ1) is 21.7. The number of ether oxygens (including phenoxy) is 1. The fraction of sp³-hybridized carbons (Fsp3) is 0.667. The van der Waals surface area contributed by atoms with Crippen molar-refractivity contribution in [2.24, 2.45) is 0 Å². The molecule has 9 heteroatoms. The Balaban J connectivity index is 1.59. The SMILES string of the molecule is CCN1CCC(N(C(=O)c2cc(S(=O)(=O)N3CCOCC3)ccc2F)C2CC2)CC1. The zero-order chi connectivity index (χ0) is 21.3. The third-order valence-electron chi connectivity index (χ3n) is 6.35. The summed E-state index contributed by atoms with van der Waals surface area (Å²) in [5.74, 6) is -1.05. The van der Waals surface area contributed by atoms with Gasteiger partial charge in [-0.1, -0.05) is 6.92 Å². The summed E-state index contributed by atoms with van der Waals surface area (Å²) in [5, 5.41) is 0. The highest BCUT2D eigenvalue weighted by Crippen LogP contribution is 2.34. The molecule has 166 valence electrons. The molecule has 1 saturated carbocycles. The minimum absolute atomic E-state index is 0.0364. The molecule has 7 nitrogen and oxygen atoms in total. The molecule has 1 aliphatic carbocycles. The molecular weight excluding hydrogens is 409 g/mol. The molecule has 2 aliphatic heterocycles. The zero-order valence-electron chi connectivity index (χ0n) is 17.4. The van der Waals surface area contributed by atoms with Crippen LogP contribution < -0.4 is 0 Å². The van der Waals surface area contributed by atoms with E-state index in [1.807, 2.05) is 4.90 Å². The molecule has 0 radical (unpaired) electrons. The van der Waals surface area contributed by atoms with Crippen LogP contribution in [0.15, 0.2) is 23.1 Å². The molecule has 0 bridgehead atoms. The molecule has 2 heterocycles. The van der Waals surface area contributed by atoms with Gasteiger partial charge in [-0.05, 0) is 50.4 Å². The molecular formula is C21H30FN3O4S. The fourth-order valence-electron chi connectivity index (χ4n) is 4.40. The Bertz CT molecular complexity index is 876. The summed E-state index contributed by atoms with van der Waals surface area (Å²) < 4.78 is 47.2. The van der Waals surface area contributed by atoms with E-state index in [-0.39, 0.29) is 41.5 Å². The van der Waals surface area contributed by atoms with Crippen LogP contribution in [-0.4, -0.2) is 86.5 Å². The molecule has 4 rings (SSSR count). The van der Waals surface area contributed by atoms with E-state index in [1.54, 1.807) is 0 Å². The summed E-state index contributed by atoms with van der Waals surface area (Å²) in [6.07, 6.45) is 3.58. The Hall–Kier alpha value is -1.55. The molecule has 1 aromatic carbocycles. The highest BCUT2D eigenvalue weighted by atomic mass is 32.2. The van der Waals surface area contributed by atoms with E-state index in [2.05, 4.69) is 11.8 Å². The van der Waals surface area contributed by atoms with Gasteiger partial charge in [-0.15, -0.1) is 0 Å². The first-order valence-electron chi connectivity index (χ1n) is 10.8. The Morgan fingerprint density at radius 2 is 1.73 bits per heavy atom. The summed E-state index contributed by atoms with van der Waals surface area (Å²) in [7, 11) is -3.79. The number of benzene rings is 1. The number of piperidine rings is 1. The molecule has 0 atom stereocenters. The summed E-state index contributed by atoms with van der Waals surface area (Å²) in [6.45, 7) is 6.13. The van der Waals surface area contributed by atoms with Gasteiger partial charge in [-0.25, -0.2) is 12.8 Å². The Kier molecular flexibility index (Phi) is 6.43. The molecule has 1 aromatic rings. The minimum atomic E-state index is -3.79. The standard InChI is InChI=1S/C21H30FN3O4S/c1-2-23-9-7-17(8-10-23)25(16-3-4-16)21(26)19-15-18(5-6-20(19)22)30(27,28)24-11-13-29-14-12-24/h5-6,15-17H,2-4,7-14H2,1H3. The van der Waals surface area contributed by atoms with Crippen LogP contribution in [0.4, 0.5) is 4.39 Å². The van der Waals surface area contributed by atoms with E-state index in [0.29, 0.717) is 13.2 Å².